The molecule has 4 nitrogen and oxygen atoms in total. The number of esters is 2. The first-order valence-electron chi connectivity index (χ1n) is 11.4. The Hall–Kier alpha value is -1.06. The van der Waals surface area contributed by atoms with Crippen LogP contribution in [0, 0.1) is 5.92 Å². The van der Waals surface area contributed by atoms with E-state index in [1.807, 2.05) is 0 Å². The lowest BCUT2D eigenvalue weighted by molar-refractivity contribution is -0.145. The maximum Gasteiger partial charge on any atom is 0.306 e. The number of carbonyl (C=O) groups is 2. The summed E-state index contributed by atoms with van der Waals surface area (Å²) in [7, 11) is 0. The summed E-state index contributed by atoms with van der Waals surface area (Å²) in [5.74, 6) is 0.406. The Labute approximate surface area is 167 Å². The Bertz CT molecular complexity index is 354. The van der Waals surface area contributed by atoms with E-state index in [2.05, 4.69) is 20.8 Å². The smallest absolute Gasteiger partial charge is 0.306 e. The maximum atomic E-state index is 11.8. The molecule has 0 heterocycles. The molecule has 0 aliphatic carbocycles. The van der Waals surface area contributed by atoms with Gasteiger partial charge in [-0.3, -0.25) is 9.59 Å². The molecular formula is C23H44O4. The van der Waals surface area contributed by atoms with E-state index in [1.54, 1.807) is 0 Å². The van der Waals surface area contributed by atoms with Crippen molar-refractivity contribution in [3.05, 3.63) is 0 Å². The van der Waals surface area contributed by atoms with Crippen molar-refractivity contribution in [1.82, 2.24) is 0 Å². The third-order valence-electron chi connectivity index (χ3n) is 5.05. The van der Waals surface area contributed by atoms with Crippen molar-refractivity contribution < 1.29 is 19.1 Å². The van der Waals surface area contributed by atoms with Gasteiger partial charge in [0.2, 0.25) is 0 Å². The topological polar surface area (TPSA) is 52.6 Å². The number of ether oxygens (including phenoxy) is 2. The zero-order chi connectivity index (χ0) is 20.2. The Kier molecular flexibility index (Phi) is 18.9. The van der Waals surface area contributed by atoms with Crippen LogP contribution in [-0.4, -0.2) is 25.2 Å². The van der Waals surface area contributed by atoms with E-state index >= 15 is 0 Å². The van der Waals surface area contributed by atoms with Crippen molar-refractivity contribution in [1.29, 1.82) is 0 Å². The van der Waals surface area contributed by atoms with Crippen LogP contribution in [0.15, 0.2) is 0 Å². The Morgan fingerprint density at radius 3 is 1.74 bits per heavy atom. The minimum atomic E-state index is -0.0396. The molecule has 0 rings (SSSR count). The lowest BCUT2D eigenvalue weighted by Crippen LogP contribution is -2.12. The fourth-order valence-corrected chi connectivity index (χ4v) is 3.06. The summed E-state index contributed by atoms with van der Waals surface area (Å²) in [5.41, 5.74) is 0. The third kappa shape index (κ3) is 18.1. The first kappa shape index (κ1) is 25.9. The maximum absolute atomic E-state index is 11.8. The quantitative estimate of drug-likeness (QED) is 0.186. The molecule has 1 atom stereocenters. The molecule has 0 saturated heterocycles. The van der Waals surface area contributed by atoms with E-state index in [-0.39, 0.29) is 11.9 Å². The van der Waals surface area contributed by atoms with Crippen molar-refractivity contribution >= 4 is 11.9 Å². The second-order valence-corrected chi connectivity index (χ2v) is 7.64. The van der Waals surface area contributed by atoms with Gasteiger partial charge in [0.25, 0.3) is 0 Å². The molecular weight excluding hydrogens is 340 g/mol. The molecule has 0 aliphatic heterocycles. The van der Waals surface area contributed by atoms with E-state index < -0.39 is 0 Å². The molecule has 0 aliphatic rings. The molecule has 0 aromatic rings. The highest BCUT2D eigenvalue weighted by Gasteiger charge is 2.12. The fourth-order valence-electron chi connectivity index (χ4n) is 3.06. The van der Waals surface area contributed by atoms with Crippen LogP contribution in [0.4, 0.5) is 0 Å². The largest absolute Gasteiger partial charge is 0.466 e. The van der Waals surface area contributed by atoms with E-state index in [0.717, 1.165) is 51.4 Å². The predicted molar refractivity (Wildman–Crippen MR) is 112 cm³/mol. The van der Waals surface area contributed by atoms with Crippen LogP contribution in [0.5, 0.6) is 0 Å². The van der Waals surface area contributed by atoms with Crippen molar-refractivity contribution in [2.75, 3.05) is 13.2 Å². The van der Waals surface area contributed by atoms with Crippen LogP contribution >= 0.6 is 0 Å². The van der Waals surface area contributed by atoms with Crippen LogP contribution in [0.3, 0.4) is 0 Å². The Morgan fingerprint density at radius 1 is 0.667 bits per heavy atom. The SMILES string of the molecule is CCCCOC(=O)CCCCCCCCCC(CC)CC(=O)OCCCC. The predicted octanol–water partition coefficient (Wildman–Crippen LogP) is 6.60. The monoisotopic (exact) mass is 384 g/mol. The number of rotatable bonds is 19. The van der Waals surface area contributed by atoms with Gasteiger partial charge < -0.3 is 9.47 Å². The summed E-state index contributed by atoms with van der Waals surface area (Å²) in [5, 5.41) is 0. The normalized spacial score (nSPS) is 12.0. The van der Waals surface area contributed by atoms with Crippen molar-refractivity contribution in [2.24, 2.45) is 5.92 Å². The molecule has 0 spiro atoms. The highest BCUT2D eigenvalue weighted by Crippen LogP contribution is 2.19. The number of unbranched alkanes of at least 4 members (excludes halogenated alkanes) is 8. The summed E-state index contributed by atoms with van der Waals surface area (Å²) in [6, 6.07) is 0. The minimum absolute atomic E-state index is 0.0245. The van der Waals surface area contributed by atoms with Gasteiger partial charge in [0.15, 0.2) is 0 Å². The van der Waals surface area contributed by atoms with Gasteiger partial charge in [0.05, 0.1) is 13.2 Å². The molecule has 0 saturated carbocycles. The Morgan fingerprint density at radius 2 is 1.19 bits per heavy atom. The van der Waals surface area contributed by atoms with E-state index in [1.165, 1.54) is 32.1 Å². The van der Waals surface area contributed by atoms with Gasteiger partial charge in [0, 0.05) is 12.8 Å². The van der Waals surface area contributed by atoms with Crippen LogP contribution in [0.2, 0.25) is 0 Å². The van der Waals surface area contributed by atoms with Crippen molar-refractivity contribution in [3.8, 4) is 0 Å². The molecule has 0 amide bonds. The van der Waals surface area contributed by atoms with E-state index in [4.69, 9.17) is 9.47 Å². The summed E-state index contributed by atoms with van der Waals surface area (Å²) in [6.07, 6.45) is 15.6. The number of carbonyl (C=O) groups excluding carboxylic acids is 2. The van der Waals surface area contributed by atoms with Crippen LogP contribution in [-0.2, 0) is 19.1 Å². The molecule has 160 valence electrons. The molecule has 0 aromatic carbocycles. The molecule has 0 bridgehead atoms. The molecule has 0 radical (unpaired) electrons. The van der Waals surface area contributed by atoms with Gasteiger partial charge in [0.1, 0.15) is 0 Å². The third-order valence-corrected chi connectivity index (χ3v) is 5.05. The molecule has 0 fully saturated rings. The van der Waals surface area contributed by atoms with Gasteiger partial charge >= 0.3 is 11.9 Å². The zero-order valence-electron chi connectivity index (χ0n) is 18.2. The van der Waals surface area contributed by atoms with Gasteiger partial charge in [-0.2, -0.15) is 0 Å². The van der Waals surface area contributed by atoms with Crippen LogP contribution in [0.25, 0.3) is 0 Å². The molecule has 0 aromatic heterocycles. The second kappa shape index (κ2) is 19.7. The number of hydrogen-bond donors (Lipinski definition) is 0. The van der Waals surface area contributed by atoms with Gasteiger partial charge in [-0.15, -0.1) is 0 Å². The second-order valence-electron chi connectivity index (χ2n) is 7.64. The van der Waals surface area contributed by atoms with Gasteiger partial charge in [-0.25, -0.2) is 0 Å². The fraction of sp³-hybridized carbons (Fsp3) is 0.913. The zero-order valence-corrected chi connectivity index (χ0v) is 18.2. The highest BCUT2D eigenvalue weighted by atomic mass is 16.5. The average Bonchev–Trinajstić information content (AvgIpc) is 2.66. The first-order chi connectivity index (χ1) is 13.1. The summed E-state index contributed by atoms with van der Waals surface area (Å²) in [6.45, 7) is 7.51. The lowest BCUT2D eigenvalue weighted by atomic mass is 9.95. The lowest BCUT2D eigenvalue weighted by Gasteiger charge is -2.14. The number of hydrogen-bond acceptors (Lipinski definition) is 4. The molecule has 0 N–H and O–H groups in total. The summed E-state index contributed by atoms with van der Waals surface area (Å²) >= 11 is 0. The van der Waals surface area contributed by atoms with E-state index in [9.17, 15) is 9.59 Å². The first-order valence-corrected chi connectivity index (χ1v) is 11.4. The van der Waals surface area contributed by atoms with E-state index in [0.29, 0.717) is 32.0 Å². The average molecular weight is 385 g/mol. The van der Waals surface area contributed by atoms with Crippen molar-refractivity contribution in [2.45, 2.75) is 117 Å². The summed E-state index contributed by atoms with van der Waals surface area (Å²) < 4.78 is 10.4. The molecule has 1 unspecified atom stereocenters. The van der Waals surface area contributed by atoms with Crippen LogP contribution < -0.4 is 0 Å². The Balaban J connectivity index is 3.48. The molecule has 27 heavy (non-hydrogen) atoms. The van der Waals surface area contributed by atoms with Gasteiger partial charge in [-0.05, 0) is 31.6 Å². The van der Waals surface area contributed by atoms with Crippen LogP contribution in [0.1, 0.15) is 117 Å². The van der Waals surface area contributed by atoms with Gasteiger partial charge in [-0.1, -0.05) is 78.6 Å². The summed E-state index contributed by atoms with van der Waals surface area (Å²) in [4.78, 5) is 23.3. The molecule has 4 heteroatoms. The van der Waals surface area contributed by atoms with Crippen molar-refractivity contribution in [3.63, 3.8) is 0 Å². The standard InChI is InChI=1S/C23H44O4/c1-4-7-18-26-22(24)17-15-13-11-9-10-12-14-16-21(6-3)20-23(25)27-19-8-5-2/h21H,4-20H2,1-3H3. The highest BCUT2D eigenvalue weighted by molar-refractivity contribution is 5.69. The minimum Gasteiger partial charge on any atom is -0.466 e.